The molecular weight excluding hydrogens is 442 g/mol. The molecule has 2 aromatic carbocycles. The number of aromatic nitrogens is 1. The van der Waals surface area contributed by atoms with Gasteiger partial charge in [-0.15, -0.1) is 0 Å². The van der Waals surface area contributed by atoms with E-state index in [4.69, 9.17) is 0 Å². The number of H-pyrrole nitrogens is 1. The minimum Gasteiger partial charge on any atom is -0.356 e. The Morgan fingerprint density at radius 3 is 2.39 bits per heavy atom. The molecule has 190 valence electrons. The Morgan fingerprint density at radius 2 is 1.67 bits per heavy atom. The van der Waals surface area contributed by atoms with E-state index in [9.17, 15) is 4.79 Å². The summed E-state index contributed by atoms with van der Waals surface area (Å²) in [5, 5.41) is 1.34. The molecule has 1 N–H and O–H groups in total. The second-order valence-corrected chi connectivity index (χ2v) is 11.8. The number of benzene rings is 2. The van der Waals surface area contributed by atoms with Crippen molar-refractivity contribution in [2.24, 2.45) is 5.92 Å². The van der Waals surface area contributed by atoms with E-state index in [1.165, 1.54) is 53.4 Å². The Hall–Kier alpha value is -2.59. The van der Waals surface area contributed by atoms with Crippen molar-refractivity contribution in [3.8, 4) is 0 Å². The van der Waals surface area contributed by atoms with Crippen molar-refractivity contribution < 1.29 is 4.79 Å². The van der Waals surface area contributed by atoms with Gasteiger partial charge in [0.1, 0.15) is 0 Å². The molecule has 2 fully saturated rings. The lowest BCUT2D eigenvalue weighted by atomic mass is 9.65. The number of carbonyl (C=O) groups excluding carboxylic acids is 1. The lowest BCUT2D eigenvalue weighted by Crippen LogP contribution is -2.58. The van der Waals surface area contributed by atoms with Crippen molar-refractivity contribution in [3.63, 3.8) is 0 Å². The molecule has 1 aliphatic heterocycles. The van der Waals surface area contributed by atoms with Gasteiger partial charge in [-0.05, 0) is 75.7 Å². The number of aromatic amines is 1. The van der Waals surface area contributed by atoms with Crippen LogP contribution in [0.4, 0.5) is 0 Å². The number of nitrogens with one attached hydrogen (secondary N) is 1. The maximum absolute atomic E-state index is 13.9. The molecular formula is C32H41N3O. The van der Waals surface area contributed by atoms with Crippen LogP contribution in [0.2, 0.25) is 0 Å². The van der Waals surface area contributed by atoms with Gasteiger partial charge in [0.2, 0.25) is 5.91 Å². The molecule has 0 saturated heterocycles. The van der Waals surface area contributed by atoms with Gasteiger partial charge in [0.15, 0.2) is 0 Å². The van der Waals surface area contributed by atoms with Gasteiger partial charge in [0, 0.05) is 35.1 Å². The van der Waals surface area contributed by atoms with Crippen LogP contribution in [0.5, 0.6) is 0 Å². The molecule has 2 aliphatic carbocycles. The van der Waals surface area contributed by atoms with Gasteiger partial charge in [-0.2, -0.15) is 0 Å². The third kappa shape index (κ3) is 3.80. The van der Waals surface area contributed by atoms with Crippen LogP contribution in [0, 0.1) is 5.92 Å². The molecule has 2 heterocycles. The van der Waals surface area contributed by atoms with E-state index in [0.717, 1.165) is 51.0 Å². The first-order valence-electron chi connectivity index (χ1n) is 14.2. The van der Waals surface area contributed by atoms with Crippen molar-refractivity contribution in [2.45, 2.75) is 81.7 Å². The normalized spacial score (nSPS) is 26.7. The summed E-state index contributed by atoms with van der Waals surface area (Å²) in [6.45, 7) is 0.846. The first-order valence-corrected chi connectivity index (χ1v) is 14.2. The number of rotatable bonds is 5. The van der Waals surface area contributed by atoms with Gasteiger partial charge < -0.3 is 9.88 Å². The molecule has 0 unspecified atom stereocenters. The standard InChI is InChI=1S/C32H41N3O/c1-34(2)31(25-12-4-3-5-13-25)19-21-32(22-20-31)30-27(26-14-8-9-15-28(26)33-30)18-23-35(32)29(36)17-16-24-10-6-7-11-24/h3-5,8-9,12-15,24,33H,6-7,10-11,16-23H2,1-2H3. The van der Waals surface area contributed by atoms with Crippen LogP contribution in [0.3, 0.4) is 0 Å². The number of amides is 1. The number of fused-ring (bicyclic) bond motifs is 4. The smallest absolute Gasteiger partial charge is 0.223 e. The number of nitrogens with zero attached hydrogens (tertiary/aromatic N) is 2. The maximum atomic E-state index is 13.9. The van der Waals surface area contributed by atoms with Crippen molar-refractivity contribution in [3.05, 3.63) is 71.4 Å². The molecule has 2 saturated carbocycles. The fraction of sp³-hybridized carbons (Fsp3) is 0.531. The molecule has 36 heavy (non-hydrogen) atoms. The number of carbonyl (C=O) groups is 1. The van der Waals surface area contributed by atoms with Crippen LogP contribution >= 0.6 is 0 Å². The Bertz CT molecular complexity index is 1210. The lowest BCUT2D eigenvalue weighted by molar-refractivity contribution is -0.143. The molecule has 1 aromatic heterocycles. The van der Waals surface area contributed by atoms with Crippen molar-refractivity contribution in [2.75, 3.05) is 20.6 Å². The van der Waals surface area contributed by atoms with Crippen LogP contribution < -0.4 is 0 Å². The van der Waals surface area contributed by atoms with Gasteiger partial charge in [0.25, 0.3) is 0 Å². The van der Waals surface area contributed by atoms with E-state index in [1.807, 2.05) is 0 Å². The molecule has 0 bridgehead atoms. The number of hydrogen-bond donors (Lipinski definition) is 1. The third-order valence-corrected chi connectivity index (χ3v) is 9.99. The third-order valence-electron chi connectivity index (χ3n) is 9.99. The van der Waals surface area contributed by atoms with Crippen molar-refractivity contribution >= 4 is 16.8 Å². The minimum absolute atomic E-state index is 0.00863. The minimum atomic E-state index is -0.229. The highest BCUT2D eigenvalue weighted by Gasteiger charge is 2.52. The molecule has 6 rings (SSSR count). The molecule has 4 nitrogen and oxygen atoms in total. The zero-order valence-electron chi connectivity index (χ0n) is 22.1. The van der Waals surface area contributed by atoms with Gasteiger partial charge in [-0.3, -0.25) is 9.69 Å². The Kier molecular flexibility index (Phi) is 6.19. The Balaban J connectivity index is 1.37. The first-order chi connectivity index (χ1) is 17.5. The molecule has 0 radical (unpaired) electrons. The fourth-order valence-electron chi connectivity index (χ4n) is 7.89. The highest BCUT2D eigenvalue weighted by Crippen LogP contribution is 2.53. The van der Waals surface area contributed by atoms with E-state index in [1.54, 1.807) is 0 Å². The van der Waals surface area contributed by atoms with E-state index >= 15 is 0 Å². The monoisotopic (exact) mass is 483 g/mol. The second kappa shape index (κ2) is 9.37. The maximum Gasteiger partial charge on any atom is 0.223 e. The fourth-order valence-corrected chi connectivity index (χ4v) is 7.89. The summed E-state index contributed by atoms with van der Waals surface area (Å²) in [6, 6.07) is 19.7. The molecule has 3 aliphatic rings. The highest BCUT2D eigenvalue weighted by atomic mass is 16.2. The number of para-hydroxylation sites is 1. The van der Waals surface area contributed by atoms with E-state index < -0.39 is 0 Å². The predicted octanol–water partition coefficient (Wildman–Crippen LogP) is 6.75. The summed E-state index contributed by atoms with van der Waals surface area (Å²) in [5.74, 6) is 1.13. The van der Waals surface area contributed by atoms with Crippen molar-refractivity contribution in [1.29, 1.82) is 0 Å². The summed E-state index contributed by atoms with van der Waals surface area (Å²) < 4.78 is 0. The van der Waals surface area contributed by atoms with Crippen LogP contribution in [0.1, 0.15) is 81.0 Å². The van der Waals surface area contributed by atoms with Gasteiger partial charge >= 0.3 is 0 Å². The first kappa shape index (κ1) is 23.8. The van der Waals surface area contributed by atoms with Crippen LogP contribution in [0.25, 0.3) is 10.9 Å². The summed E-state index contributed by atoms with van der Waals surface area (Å²) >= 11 is 0. The average molecular weight is 484 g/mol. The van der Waals surface area contributed by atoms with E-state index in [2.05, 4.69) is 83.5 Å². The summed E-state index contributed by atoms with van der Waals surface area (Å²) in [4.78, 5) is 22.5. The van der Waals surface area contributed by atoms with Crippen molar-refractivity contribution in [1.82, 2.24) is 14.8 Å². The van der Waals surface area contributed by atoms with Crippen LogP contribution in [0.15, 0.2) is 54.6 Å². The molecule has 4 heteroatoms. The SMILES string of the molecule is CN(C)C1(c2ccccc2)CCC2(CC1)c1[nH]c3ccccc3c1CCN2C(=O)CCC1CCCC1. The zero-order valence-corrected chi connectivity index (χ0v) is 22.1. The number of hydrogen-bond acceptors (Lipinski definition) is 2. The molecule has 0 atom stereocenters. The molecule has 1 amide bonds. The summed E-state index contributed by atoms with van der Waals surface area (Å²) in [7, 11) is 4.45. The quantitative estimate of drug-likeness (QED) is 0.436. The zero-order chi connectivity index (χ0) is 24.8. The predicted molar refractivity (Wildman–Crippen MR) is 147 cm³/mol. The van der Waals surface area contributed by atoms with Crippen LogP contribution in [-0.2, 0) is 22.3 Å². The highest BCUT2D eigenvalue weighted by molar-refractivity contribution is 5.86. The topological polar surface area (TPSA) is 39.3 Å². The van der Waals surface area contributed by atoms with Gasteiger partial charge in [-0.1, -0.05) is 74.2 Å². The largest absolute Gasteiger partial charge is 0.356 e. The Labute approximate surface area is 216 Å². The average Bonchev–Trinajstić information content (AvgIpc) is 3.57. The second-order valence-electron chi connectivity index (χ2n) is 11.8. The van der Waals surface area contributed by atoms with E-state index in [0.29, 0.717) is 12.3 Å². The molecule has 3 aromatic rings. The van der Waals surface area contributed by atoms with Crippen LogP contribution in [-0.4, -0.2) is 41.3 Å². The summed E-state index contributed by atoms with van der Waals surface area (Å²) in [5.41, 5.74) is 5.17. The van der Waals surface area contributed by atoms with E-state index in [-0.39, 0.29) is 11.1 Å². The lowest BCUT2D eigenvalue weighted by Gasteiger charge is -2.55. The molecule has 1 spiro atoms. The van der Waals surface area contributed by atoms with Gasteiger partial charge in [-0.25, -0.2) is 0 Å². The van der Waals surface area contributed by atoms with Gasteiger partial charge in [0.05, 0.1) is 5.54 Å². The Morgan fingerprint density at radius 1 is 0.972 bits per heavy atom. The summed E-state index contributed by atoms with van der Waals surface area (Å²) in [6.07, 6.45) is 12.1.